The zero-order valence-electron chi connectivity index (χ0n) is 13.3. The van der Waals surface area contributed by atoms with Crippen molar-refractivity contribution < 1.29 is 4.79 Å². The topological polar surface area (TPSA) is 22.0 Å². The first-order chi connectivity index (χ1) is 11.2. The molecule has 1 aromatic heterocycles. The maximum absolute atomic E-state index is 12.9. The number of carbonyl (C=O) groups excluding carboxylic acids is 1. The summed E-state index contributed by atoms with van der Waals surface area (Å²) in [7, 11) is 0. The van der Waals surface area contributed by atoms with Crippen LogP contribution in [0.25, 0.3) is 10.9 Å². The van der Waals surface area contributed by atoms with E-state index in [9.17, 15) is 4.79 Å². The summed E-state index contributed by atoms with van der Waals surface area (Å²) < 4.78 is 2.20. The molecule has 3 rings (SSSR count). The molecule has 0 bridgehead atoms. The lowest BCUT2D eigenvalue weighted by Gasteiger charge is -2.03. The van der Waals surface area contributed by atoms with E-state index in [2.05, 4.69) is 17.6 Å². The van der Waals surface area contributed by atoms with Gasteiger partial charge < -0.3 is 4.57 Å². The normalized spacial score (nSPS) is 11.0. The van der Waals surface area contributed by atoms with Gasteiger partial charge in [-0.2, -0.15) is 0 Å². The maximum Gasteiger partial charge on any atom is 0.195 e. The van der Waals surface area contributed by atoms with Gasteiger partial charge in [0.15, 0.2) is 5.78 Å². The number of halogens is 1. The van der Waals surface area contributed by atoms with Gasteiger partial charge in [0.25, 0.3) is 0 Å². The lowest BCUT2D eigenvalue weighted by Crippen LogP contribution is -2.00. The van der Waals surface area contributed by atoms with Crippen LogP contribution in [0.4, 0.5) is 0 Å². The molecule has 0 saturated heterocycles. The van der Waals surface area contributed by atoms with Crippen molar-refractivity contribution in [3.05, 3.63) is 70.9 Å². The van der Waals surface area contributed by atoms with Crippen LogP contribution in [0.15, 0.2) is 54.7 Å². The molecule has 0 fully saturated rings. The Hall–Kier alpha value is -2.06. The third kappa shape index (κ3) is 3.32. The molecule has 3 heteroatoms. The maximum atomic E-state index is 12.9. The number of aromatic nitrogens is 1. The van der Waals surface area contributed by atoms with Crippen molar-refractivity contribution in [2.45, 2.75) is 32.7 Å². The Kier molecular flexibility index (Phi) is 4.82. The SMILES string of the molecule is CCCCCn1cc(C(=O)c2ccc(Cl)cc2)c2ccccc21. The molecule has 0 atom stereocenters. The first-order valence-electron chi connectivity index (χ1n) is 8.09. The quantitative estimate of drug-likeness (QED) is 0.420. The Morgan fingerprint density at radius 2 is 1.78 bits per heavy atom. The molecule has 0 amide bonds. The molecule has 0 N–H and O–H groups in total. The second-order valence-electron chi connectivity index (χ2n) is 5.80. The van der Waals surface area contributed by atoms with Gasteiger partial charge in [-0.25, -0.2) is 0 Å². The number of hydrogen-bond acceptors (Lipinski definition) is 1. The van der Waals surface area contributed by atoms with E-state index >= 15 is 0 Å². The fourth-order valence-corrected chi connectivity index (χ4v) is 3.03. The van der Waals surface area contributed by atoms with Gasteiger partial charge in [0.2, 0.25) is 0 Å². The number of ketones is 1. The van der Waals surface area contributed by atoms with E-state index in [-0.39, 0.29) is 5.78 Å². The highest BCUT2D eigenvalue weighted by Gasteiger charge is 2.16. The molecular weight excluding hydrogens is 306 g/mol. The lowest BCUT2D eigenvalue weighted by molar-refractivity contribution is 0.104. The van der Waals surface area contributed by atoms with Crippen LogP contribution in [0.1, 0.15) is 42.1 Å². The summed E-state index contributed by atoms with van der Waals surface area (Å²) in [6.45, 7) is 3.14. The molecule has 0 unspecified atom stereocenters. The standard InChI is InChI=1S/C20H20ClNO/c1-2-3-6-13-22-14-18(17-7-4-5-8-19(17)22)20(23)15-9-11-16(21)12-10-15/h4-5,7-12,14H,2-3,6,13H2,1H3. The van der Waals surface area contributed by atoms with E-state index in [0.717, 1.165) is 29.4 Å². The predicted molar refractivity (Wildman–Crippen MR) is 96.3 cm³/mol. The average Bonchev–Trinajstić information content (AvgIpc) is 2.94. The van der Waals surface area contributed by atoms with Crippen LogP contribution in [-0.4, -0.2) is 10.4 Å². The van der Waals surface area contributed by atoms with Crippen molar-refractivity contribution in [3.8, 4) is 0 Å². The van der Waals surface area contributed by atoms with Crippen LogP contribution in [0.2, 0.25) is 5.02 Å². The van der Waals surface area contributed by atoms with Crippen molar-refractivity contribution >= 4 is 28.3 Å². The lowest BCUT2D eigenvalue weighted by atomic mass is 10.0. The zero-order chi connectivity index (χ0) is 16.2. The second kappa shape index (κ2) is 7.01. The van der Waals surface area contributed by atoms with Crippen molar-refractivity contribution in [2.24, 2.45) is 0 Å². The Morgan fingerprint density at radius 1 is 1.04 bits per heavy atom. The highest BCUT2D eigenvalue weighted by atomic mass is 35.5. The van der Waals surface area contributed by atoms with Gasteiger partial charge in [-0.1, -0.05) is 49.6 Å². The Morgan fingerprint density at radius 3 is 2.52 bits per heavy atom. The van der Waals surface area contributed by atoms with E-state index in [1.807, 2.05) is 24.4 Å². The number of unbranched alkanes of at least 4 members (excludes halogenated alkanes) is 2. The van der Waals surface area contributed by atoms with Crippen molar-refractivity contribution in [1.29, 1.82) is 0 Å². The summed E-state index contributed by atoms with van der Waals surface area (Å²) in [5, 5.41) is 1.66. The Bertz CT molecular complexity index is 817. The molecule has 23 heavy (non-hydrogen) atoms. The number of benzene rings is 2. The number of fused-ring (bicyclic) bond motifs is 1. The predicted octanol–water partition coefficient (Wildman–Crippen LogP) is 5.72. The number of carbonyl (C=O) groups is 1. The van der Waals surface area contributed by atoms with Gasteiger partial charge in [-0.15, -0.1) is 0 Å². The molecule has 2 aromatic carbocycles. The molecule has 118 valence electrons. The summed E-state index contributed by atoms with van der Waals surface area (Å²) in [5.41, 5.74) is 2.56. The van der Waals surface area contributed by atoms with Gasteiger partial charge >= 0.3 is 0 Å². The molecule has 0 aliphatic rings. The number of hydrogen-bond donors (Lipinski definition) is 0. The van der Waals surface area contributed by atoms with Gasteiger partial charge in [0, 0.05) is 39.8 Å². The molecule has 1 heterocycles. The molecule has 2 nitrogen and oxygen atoms in total. The molecule has 0 radical (unpaired) electrons. The van der Waals surface area contributed by atoms with Crippen LogP contribution in [0.3, 0.4) is 0 Å². The molecule has 0 saturated carbocycles. The molecular formula is C20H20ClNO. The first kappa shape index (κ1) is 15.8. The van der Waals surface area contributed by atoms with Gasteiger partial charge in [-0.05, 0) is 36.8 Å². The van der Waals surface area contributed by atoms with E-state index in [0.29, 0.717) is 10.6 Å². The summed E-state index contributed by atoms with van der Waals surface area (Å²) in [6, 6.07) is 15.2. The highest BCUT2D eigenvalue weighted by molar-refractivity contribution is 6.30. The molecule has 0 spiro atoms. The fraction of sp³-hybridized carbons (Fsp3) is 0.250. The molecule has 3 aromatic rings. The highest BCUT2D eigenvalue weighted by Crippen LogP contribution is 2.25. The number of nitrogens with zero attached hydrogens (tertiary/aromatic N) is 1. The third-order valence-corrected chi connectivity index (χ3v) is 4.39. The van der Waals surface area contributed by atoms with E-state index in [1.54, 1.807) is 24.3 Å². The minimum atomic E-state index is 0.0482. The average molecular weight is 326 g/mol. The van der Waals surface area contributed by atoms with Crippen LogP contribution in [-0.2, 0) is 6.54 Å². The summed E-state index contributed by atoms with van der Waals surface area (Å²) in [6.07, 6.45) is 5.52. The molecule has 0 aliphatic carbocycles. The number of aryl methyl sites for hydroxylation is 1. The number of para-hydroxylation sites is 1. The fourth-order valence-electron chi connectivity index (χ4n) is 2.90. The summed E-state index contributed by atoms with van der Waals surface area (Å²) in [5.74, 6) is 0.0482. The van der Waals surface area contributed by atoms with Crippen LogP contribution in [0, 0.1) is 0 Å². The van der Waals surface area contributed by atoms with E-state index in [4.69, 9.17) is 11.6 Å². The Labute approximate surface area is 141 Å². The van der Waals surface area contributed by atoms with Crippen LogP contribution in [0.5, 0.6) is 0 Å². The second-order valence-corrected chi connectivity index (χ2v) is 6.23. The zero-order valence-corrected chi connectivity index (χ0v) is 14.0. The van der Waals surface area contributed by atoms with E-state index in [1.165, 1.54) is 12.8 Å². The van der Waals surface area contributed by atoms with Gasteiger partial charge in [-0.3, -0.25) is 4.79 Å². The van der Waals surface area contributed by atoms with Crippen molar-refractivity contribution in [3.63, 3.8) is 0 Å². The van der Waals surface area contributed by atoms with E-state index < -0.39 is 0 Å². The summed E-state index contributed by atoms with van der Waals surface area (Å²) >= 11 is 5.92. The van der Waals surface area contributed by atoms with Crippen molar-refractivity contribution in [1.82, 2.24) is 4.57 Å². The minimum absolute atomic E-state index is 0.0482. The smallest absolute Gasteiger partial charge is 0.195 e. The first-order valence-corrected chi connectivity index (χ1v) is 8.46. The Balaban J connectivity index is 2.00. The van der Waals surface area contributed by atoms with Crippen molar-refractivity contribution in [2.75, 3.05) is 0 Å². The largest absolute Gasteiger partial charge is 0.347 e. The van der Waals surface area contributed by atoms with Crippen LogP contribution < -0.4 is 0 Å². The monoisotopic (exact) mass is 325 g/mol. The summed E-state index contributed by atoms with van der Waals surface area (Å²) in [4.78, 5) is 12.9. The molecule has 0 aliphatic heterocycles. The number of rotatable bonds is 6. The minimum Gasteiger partial charge on any atom is -0.347 e. The van der Waals surface area contributed by atoms with Gasteiger partial charge in [0.1, 0.15) is 0 Å². The van der Waals surface area contributed by atoms with Crippen LogP contribution >= 0.6 is 11.6 Å². The third-order valence-electron chi connectivity index (χ3n) is 4.14. The van der Waals surface area contributed by atoms with Gasteiger partial charge in [0.05, 0.1) is 0 Å².